The Morgan fingerprint density at radius 1 is 0.733 bits per heavy atom. The highest BCUT2D eigenvalue weighted by molar-refractivity contribution is 5.72. The van der Waals surface area contributed by atoms with Crippen molar-refractivity contribution in [1.82, 2.24) is 0 Å². The van der Waals surface area contributed by atoms with E-state index in [-0.39, 0.29) is 11.4 Å². The van der Waals surface area contributed by atoms with E-state index in [0.29, 0.717) is 22.6 Å². The van der Waals surface area contributed by atoms with Crippen LogP contribution >= 0.6 is 0 Å². The van der Waals surface area contributed by atoms with Crippen molar-refractivity contribution in [1.29, 1.82) is 0 Å². The van der Waals surface area contributed by atoms with Crippen LogP contribution in [0.25, 0.3) is 22.5 Å². The molecule has 0 spiro atoms. The monoisotopic (exact) mass is 436 g/mol. The number of rotatable bonds is 4. The van der Waals surface area contributed by atoms with Gasteiger partial charge in [0, 0.05) is 35.9 Å². The average molecular weight is 437 g/mol. The zero-order chi connectivity index (χ0) is 22.5. The van der Waals surface area contributed by atoms with Crippen molar-refractivity contribution in [3.8, 4) is 22.5 Å². The molecule has 1 heterocycles. The van der Waals surface area contributed by atoms with Crippen LogP contribution in [0.15, 0.2) is 65.1 Å². The molecule has 1 aromatic heterocycles. The highest BCUT2D eigenvalue weighted by Crippen LogP contribution is 2.31. The van der Waals surface area contributed by atoms with E-state index in [1.165, 1.54) is 24.3 Å². The van der Waals surface area contributed by atoms with Crippen LogP contribution in [0.2, 0.25) is 0 Å². The fourth-order valence-electron chi connectivity index (χ4n) is 2.51. The van der Waals surface area contributed by atoms with Crippen LogP contribution in [0.5, 0.6) is 0 Å². The van der Waals surface area contributed by atoms with Crippen molar-refractivity contribution in [3.63, 3.8) is 0 Å². The molecule has 0 fully saturated rings. The van der Waals surface area contributed by atoms with Crippen LogP contribution in [0.4, 0.5) is 11.4 Å². The number of nitrogens with zero attached hydrogens (tertiary/aromatic N) is 2. The lowest BCUT2D eigenvalue weighted by atomic mass is 10.0. The summed E-state index contributed by atoms with van der Waals surface area (Å²) in [7, 11) is -4.94. The first kappa shape index (κ1) is 22.8. The summed E-state index contributed by atoms with van der Waals surface area (Å²) in [5.74, 6) is 1.04. The van der Waals surface area contributed by atoms with Gasteiger partial charge in [0.2, 0.25) is 0 Å². The van der Waals surface area contributed by atoms with E-state index in [2.05, 4.69) is 0 Å². The SMILES string of the molecule is Cc1cc(-c2cccc([N+](=O)[O-])c2)cc(-c2cccc([N+](=O)[O-])c2)[o+]1.[O-][Cl+3]([O-])([O-])[O-]. The molecule has 0 atom stereocenters. The van der Waals surface area contributed by atoms with Crippen LogP contribution in [0.3, 0.4) is 0 Å². The van der Waals surface area contributed by atoms with Gasteiger partial charge in [0.15, 0.2) is 0 Å². The Labute approximate surface area is 171 Å². The highest BCUT2D eigenvalue weighted by atomic mass is 35.7. The number of halogens is 1. The number of nitro groups is 2. The lowest BCUT2D eigenvalue weighted by molar-refractivity contribution is -2.00. The smallest absolute Gasteiger partial charge is 0.258 e. The van der Waals surface area contributed by atoms with Gasteiger partial charge in [-0.3, -0.25) is 20.2 Å². The first-order valence-electron chi connectivity index (χ1n) is 8.00. The molecular weight excluding hydrogens is 424 g/mol. The van der Waals surface area contributed by atoms with E-state index in [4.69, 9.17) is 23.1 Å². The van der Waals surface area contributed by atoms with E-state index in [1.54, 1.807) is 43.3 Å². The molecule has 0 saturated heterocycles. The molecule has 0 N–H and O–H groups in total. The Kier molecular flexibility index (Phi) is 7.10. The topological polar surface area (TPSA) is 190 Å². The summed E-state index contributed by atoms with van der Waals surface area (Å²) in [4.78, 5) is 21.0. The molecule has 0 aliphatic rings. The highest BCUT2D eigenvalue weighted by Gasteiger charge is 2.19. The van der Waals surface area contributed by atoms with E-state index in [9.17, 15) is 20.2 Å². The second-order valence-corrected chi connectivity index (χ2v) is 6.57. The second kappa shape index (κ2) is 9.35. The first-order chi connectivity index (χ1) is 13.9. The third-order valence-electron chi connectivity index (χ3n) is 3.65. The van der Waals surface area contributed by atoms with Crippen molar-refractivity contribution in [2.45, 2.75) is 6.92 Å². The molecule has 0 saturated carbocycles. The summed E-state index contributed by atoms with van der Waals surface area (Å²) < 4.78 is 39.7. The molecule has 3 rings (SSSR count). The van der Waals surface area contributed by atoms with Crippen molar-refractivity contribution < 1.29 is 43.1 Å². The minimum Gasteiger partial charge on any atom is -0.258 e. The number of benzene rings is 2. The van der Waals surface area contributed by atoms with Crippen molar-refractivity contribution >= 4 is 11.4 Å². The number of hydrogen-bond donors (Lipinski definition) is 0. The molecule has 2 aromatic carbocycles. The second-order valence-electron chi connectivity index (χ2n) is 5.81. The zero-order valence-electron chi connectivity index (χ0n) is 15.2. The van der Waals surface area contributed by atoms with Gasteiger partial charge < -0.3 is 0 Å². The fourth-order valence-corrected chi connectivity index (χ4v) is 2.51. The van der Waals surface area contributed by atoms with Gasteiger partial charge in [-0.05, 0) is 11.6 Å². The van der Waals surface area contributed by atoms with Crippen molar-refractivity contribution in [3.05, 3.63) is 86.7 Å². The molecule has 30 heavy (non-hydrogen) atoms. The predicted octanol–water partition coefficient (Wildman–Crippen LogP) is 0.264. The lowest BCUT2D eigenvalue weighted by Gasteiger charge is -2.17. The summed E-state index contributed by atoms with van der Waals surface area (Å²) in [6.45, 7) is 1.75. The molecule has 12 heteroatoms. The molecule has 0 bridgehead atoms. The van der Waals surface area contributed by atoms with Crippen LogP contribution in [-0.2, 0) is 0 Å². The standard InChI is InChI=1S/C18H13N2O5.ClHO4/c1-12-8-15(13-4-2-6-16(9-13)19(21)22)11-18(25-12)14-5-3-7-17(10-14)20(23)24;2-1(3,4)5/h2-11H,1H3;(H,2,3,4,5)/q+1;/p-1. The average Bonchev–Trinajstić information content (AvgIpc) is 2.66. The van der Waals surface area contributed by atoms with Crippen molar-refractivity contribution in [2.24, 2.45) is 0 Å². The van der Waals surface area contributed by atoms with Gasteiger partial charge in [0.1, 0.15) is 0 Å². The van der Waals surface area contributed by atoms with E-state index in [1.807, 2.05) is 0 Å². The third kappa shape index (κ3) is 6.84. The summed E-state index contributed by atoms with van der Waals surface area (Å²) in [6, 6.07) is 15.9. The van der Waals surface area contributed by atoms with Crippen molar-refractivity contribution in [2.75, 3.05) is 0 Å². The minimum absolute atomic E-state index is 0.00663. The summed E-state index contributed by atoms with van der Waals surface area (Å²) >= 11 is 0. The molecule has 156 valence electrons. The molecule has 0 aliphatic carbocycles. The summed E-state index contributed by atoms with van der Waals surface area (Å²) in [6.07, 6.45) is 0. The van der Waals surface area contributed by atoms with Gasteiger partial charge in [0.25, 0.3) is 11.4 Å². The molecule has 0 amide bonds. The Hall–Kier alpha value is -3.48. The number of hydrogen-bond acceptors (Lipinski definition) is 8. The predicted molar refractivity (Wildman–Crippen MR) is 92.0 cm³/mol. The first-order valence-corrected chi connectivity index (χ1v) is 9.23. The maximum absolute atomic E-state index is 11.0. The maximum atomic E-state index is 11.0. The number of aryl methyl sites for hydroxylation is 1. The molecule has 0 unspecified atom stereocenters. The van der Waals surface area contributed by atoms with Crippen LogP contribution in [0.1, 0.15) is 5.76 Å². The summed E-state index contributed by atoms with van der Waals surface area (Å²) in [5.41, 5.74) is 1.91. The summed E-state index contributed by atoms with van der Waals surface area (Å²) in [5, 5.41) is 21.9. The van der Waals surface area contributed by atoms with Crippen LogP contribution in [-0.4, -0.2) is 9.85 Å². The molecule has 0 aliphatic heterocycles. The lowest BCUT2D eigenvalue weighted by Crippen LogP contribution is -2.68. The molecule has 0 radical (unpaired) electrons. The minimum atomic E-state index is -4.94. The molecule has 3 aromatic rings. The molecular formula is C18H13ClN2O9. The number of nitro benzene ring substituents is 2. The van der Waals surface area contributed by atoms with Gasteiger partial charge in [-0.1, -0.05) is 18.2 Å². The third-order valence-corrected chi connectivity index (χ3v) is 3.65. The fraction of sp³-hybridized carbons (Fsp3) is 0.0556. The maximum Gasteiger partial charge on any atom is 0.361 e. The van der Waals surface area contributed by atoms with Gasteiger partial charge in [0.05, 0.1) is 28.4 Å². The van der Waals surface area contributed by atoms with Gasteiger partial charge in [-0.15, -0.1) is 10.2 Å². The van der Waals surface area contributed by atoms with Gasteiger partial charge >= 0.3 is 11.5 Å². The van der Waals surface area contributed by atoms with E-state index in [0.717, 1.165) is 5.56 Å². The molecule has 11 nitrogen and oxygen atoms in total. The quantitative estimate of drug-likeness (QED) is 0.313. The Balaban J connectivity index is 0.000000575. The Morgan fingerprint density at radius 2 is 1.20 bits per heavy atom. The van der Waals surface area contributed by atoms with Crippen LogP contribution < -0.4 is 18.6 Å². The zero-order valence-corrected chi connectivity index (χ0v) is 16.0. The van der Waals surface area contributed by atoms with Gasteiger partial charge in [-0.2, -0.15) is 0 Å². The largest absolute Gasteiger partial charge is 0.361 e. The Bertz CT molecular complexity index is 1000. The number of non-ortho nitro benzene ring substituents is 2. The normalized spacial score (nSPS) is 10.7. The Morgan fingerprint density at radius 3 is 1.70 bits per heavy atom. The van der Waals surface area contributed by atoms with E-state index >= 15 is 0 Å². The van der Waals surface area contributed by atoms with Gasteiger partial charge in [-0.25, -0.2) is 23.1 Å². The van der Waals surface area contributed by atoms with Crippen LogP contribution in [0, 0.1) is 37.4 Å². The van der Waals surface area contributed by atoms with E-state index < -0.39 is 20.1 Å².